The molecular formula is C12H12N2O2. The highest BCUT2D eigenvalue weighted by molar-refractivity contribution is 5.67. The van der Waals surface area contributed by atoms with Crippen molar-refractivity contribution in [3.8, 4) is 16.9 Å². The second-order valence-corrected chi connectivity index (χ2v) is 3.65. The summed E-state index contributed by atoms with van der Waals surface area (Å²) < 4.78 is 1.43. The first-order valence-electron chi connectivity index (χ1n) is 4.83. The molecule has 1 aromatic heterocycles. The number of nitrogens with two attached hydrogens (primary N) is 1. The molecule has 4 nitrogen and oxygen atoms in total. The van der Waals surface area contributed by atoms with Crippen molar-refractivity contribution in [3.63, 3.8) is 0 Å². The molecule has 82 valence electrons. The molecule has 0 spiro atoms. The molecule has 0 aliphatic carbocycles. The molecule has 0 aliphatic heterocycles. The Morgan fingerprint density at radius 3 is 2.62 bits per heavy atom. The second-order valence-electron chi connectivity index (χ2n) is 3.65. The van der Waals surface area contributed by atoms with Crippen LogP contribution in [0.2, 0.25) is 0 Å². The summed E-state index contributed by atoms with van der Waals surface area (Å²) in [5, 5.41) is 9.37. The van der Waals surface area contributed by atoms with E-state index in [1.807, 2.05) is 6.07 Å². The number of benzene rings is 1. The minimum Gasteiger partial charge on any atom is -0.508 e. The predicted octanol–water partition coefficient (Wildman–Crippen LogP) is 1.34. The van der Waals surface area contributed by atoms with Crippen LogP contribution < -0.4 is 11.3 Å². The number of pyridine rings is 1. The van der Waals surface area contributed by atoms with E-state index < -0.39 is 0 Å². The molecular weight excluding hydrogens is 204 g/mol. The van der Waals surface area contributed by atoms with Gasteiger partial charge in [-0.25, -0.2) is 0 Å². The van der Waals surface area contributed by atoms with Crippen LogP contribution in [0.3, 0.4) is 0 Å². The number of nitrogens with zero attached hydrogens (tertiary/aromatic N) is 1. The van der Waals surface area contributed by atoms with Gasteiger partial charge in [0.25, 0.3) is 5.56 Å². The molecule has 0 unspecified atom stereocenters. The Bertz CT molecular complexity index is 562. The third-order valence-corrected chi connectivity index (χ3v) is 2.39. The van der Waals surface area contributed by atoms with Crippen molar-refractivity contribution in [2.75, 3.05) is 5.73 Å². The number of rotatable bonds is 1. The maximum Gasteiger partial charge on any atom is 0.273 e. The Labute approximate surface area is 92.6 Å². The lowest BCUT2D eigenvalue weighted by Crippen LogP contribution is -2.19. The second kappa shape index (κ2) is 3.73. The van der Waals surface area contributed by atoms with E-state index in [0.717, 1.165) is 11.1 Å². The number of hydrogen-bond donors (Lipinski definition) is 2. The van der Waals surface area contributed by atoms with Gasteiger partial charge in [-0.1, -0.05) is 12.1 Å². The Hall–Kier alpha value is -2.23. The molecule has 2 aromatic rings. The highest BCUT2D eigenvalue weighted by atomic mass is 16.3. The first kappa shape index (κ1) is 10.3. The van der Waals surface area contributed by atoms with Gasteiger partial charge in [0.15, 0.2) is 0 Å². The smallest absolute Gasteiger partial charge is 0.273 e. The quantitative estimate of drug-likeness (QED) is 0.755. The zero-order chi connectivity index (χ0) is 11.7. The molecule has 0 amide bonds. The van der Waals surface area contributed by atoms with Crippen LogP contribution in [-0.2, 0) is 7.05 Å². The molecule has 4 heteroatoms. The summed E-state index contributed by atoms with van der Waals surface area (Å²) in [6, 6.07) is 8.41. The minimum absolute atomic E-state index is 0.185. The van der Waals surface area contributed by atoms with Crippen molar-refractivity contribution < 1.29 is 5.11 Å². The molecule has 0 bridgehead atoms. The number of aromatic hydroxyl groups is 1. The van der Waals surface area contributed by atoms with E-state index in [4.69, 9.17) is 5.73 Å². The summed E-state index contributed by atoms with van der Waals surface area (Å²) >= 11 is 0. The minimum atomic E-state index is -0.219. The molecule has 0 atom stereocenters. The maximum atomic E-state index is 11.4. The number of aromatic nitrogens is 1. The summed E-state index contributed by atoms with van der Waals surface area (Å²) in [4.78, 5) is 11.4. The van der Waals surface area contributed by atoms with E-state index in [2.05, 4.69) is 0 Å². The summed E-state index contributed by atoms with van der Waals surface area (Å²) in [7, 11) is 1.64. The fraction of sp³-hybridized carbons (Fsp3) is 0.0833. The lowest BCUT2D eigenvalue weighted by molar-refractivity contribution is 0.475. The average Bonchev–Trinajstić information content (AvgIpc) is 2.25. The van der Waals surface area contributed by atoms with Crippen molar-refractivity contribution in [1.29, 1.82) is 0 Å². The molecule has 1 heterocycles. The summed E-state index contributed by atoms with van der Waals surface area (Å²) in [6.07, 6.45) is 1.69. The number of anilines is 1. The van der Waals surface area contributed by atoms with Gasteiger partial charge < -0.3 is 15.4 Å². The normalized spacial score (nSPS) is 10.3. The lowest BCUT2D eigenvalue weighted by Gasteiger charge is -2.06. The van der Waals surface area contributed by atoms with E-state index in [1.54, 1.807) is 37.5 Å². The number of nitrogen functional groups attached to an aromatic ring is 1. The first-order chi connectivity index (χ1) is 7.58. The maximum absolute atomic E-state index is 11.4. The van der Waals surface area contributed by atoms with Crippen LogP contribution in [0.15, 0.2) is 41.3 Å². The van der Waals surface area contributed by atoms with Crippen LogP contribution in [-0.4, -0.2) is 9.67 Å². The molecule has 0 fully saturated rings. The SMILES string of the molecule is Cn1cc(-c2cccc(O)c2)cc(N)c1=O. The van der Waals surface area contributed by atoms with Gasteiger partial charge >= 0.3 is 0 Å². The lowest BCUT2D eigenvalue weighted by atomic mass is 10.1. The Balaban J connectivity index is 2.61. The van der Waals surface area contributed by atoms with Crippen LogP contribution >= 0.6 is 0 Å². The van der Waals surface area contributed by atoms with Crippen LogP contribution in [0.4, 0.5) is 5.69 Å². The zero-order valence-corrected chi connectivity index (χ0v) is 8.84. The van der Waals surface area contributed by atoms with E-state index >= 15 is 0 Å². The van der Waals surface area contributed by atoms with Crippen molar-refractivity contribution in [3.05, 3.63) is 46.9 Å². The average molecular weight is 216 g/mol. The highest BCUT2D eigenvalue weighted by Crippen LogP contribution is 2.23. The van der Waals surface area contributed by atoms with Gasteiger partial charge in [0.05, 0.1) is 5.69 Å². The van der Waals surface area contributed by atoms with Gasteiger partial charge in [0.2, 0.25) is 0 Å². The van der Waals surface area contributed by atoms with Gasteiger partial charge in [-0.05, 0) is 23.8 Å². The van der Waals surface area contributed by atoms with Crippen molar-refractivity contribution in [1.82, 2.24) is 4.57 Å². The molecule has 1 aromatic carbocycles. The molecule has 0 saturated carbocycles. The predicted molar refractivity (Wildman–Crippen MR) is 63.2 cm³/mol. The van der Waals surface area contributed by atoms with Gasteiger partial charge in [0, 0.05) is 18.8 Å². The number of phenols is 1. The van der Waals surface area contributed by atoms with Gasteiger partial charge in [0.1, 0.15) is 5.75 Å². The van der Waals surface area contributed by atoms with E-state index in [-0.39, 0.29) is 17.0 Å². The van der Waals surface area contributed by atoms with Crippen molar-refractivity contribution in [2.24, 2.45) is 7.05 Å². The largest absolute Gasteiger partial charge is 0.508 e. The van der Waals surface area contributed by atoms with E-state index in [0.29, 0.717) is 0 Å². The zero-order valence-electron chi connectivity index (χ0n) is 8.84. The number of hydrogen-bond acceptors (Lipinski definition) is 3. The van der Waals surface area contributed by atoms with Crippen LogP contribution in [0, 0.1) is 0 Å². The van der Waals surface area contributed by atoms with Gasteiger partial charge in [-0.2, -0.15) is 0 Å². The van der Waals surface area contributed by atoms with Gasteiger partial charge in [-0.15, -0.1) is 0 Å². The third-order valence-electron chi connectivity index (χ3n) is 2.39. The highest BCUT2D eigenvalue weighted by Gasteiger charge is 2.03. The standard InChI is InChI=1S/C12H12N2O2/c1-14-7-9(6-11(13)12(14)16)8-3-2-4-10(15)5-8/h2-7,15H,13H2,1H3. The van der Waals surface area contributed by atoms with E-state index in [9.17, 15) is 9.90 Å². The molecule has 3 N–H and O–H groups in total. The monoisotopic (exact) mass is 216 g/mol. The number of phenolic OH excluding ortho intramolecular Hbond substituents is 1. The van der Waals surface area contributed by atoms with E-state index in [1.165, 1.54) is 4.57 Å². The molecule has 0 aliphatic rings. The van der Waals surface area contributed by atoms with Gasteiger partial charge in [-0.3, -0.25) is 4.79 Å². The Kier molecular flexibility index (Phi) is 2.40. The Morgan fingerprint density at radius 1 is 1.25 bits per heavy atom. The van der Waals surface area contributed by atoms with Crippen molar-refractivity contribution >= 4 is 5.69 Å². The third kappa shape index (κ3) is 1.77. The summed E-state index contributed by atoms with van der Waals surface area (Å²) in [5.74, 6) is 0.185. The topological polar surface area (TPSA) is 68.2 Å². The molecule has 0 radical (unpaired) electrons. The fourth-order valence-corrected chi connectivity index (χ4v) is 1.58. The van der Waals surface area contributed by atoms with Crippen LogP contribution in [0.25, 0.3) is 11.1 Å². The van der Waals surface area contributed by atoms with Crippen LogP contribution in [0.1, 0.15) is 0 Å². The first-order valence-corrected chi connectivity index (χ1v) is 4.83. The molecule has 2 rings (SSSR count). The molecule has 0 saturated heterocycles. The summed E-state index contributed by atoms with van der Waals surface area (Å²) in [5.41, 5.74) is 7.20. The van der Waals surface area contributed by atoms with Crippen molar-refractivity contribution in [2.45, 2.75) is 0 Å². The summed E-state index contributed by atoms with van der Waals surface area (Å²) in [6.45, 7) is 0. The fourth-order valence-electron chi connectivity index (χ4n) is 1.58. The molecule has 16 heavy (non-hydrogen) atoms. The Morgan fingerprint density at radius 2 is 2.00 bits per heavy atom. The van der Waals surface area contributed by atoms with Crippen LogP contribution in [0.5, 0.6) is 5.75 Å². The number of aryl methyl sites for hydroxylation is 1.